The van der Waals surface area contributed by atoms with E-state index < -0.39 is 0 Å². The quantitative estimate of drug-likeness (QED) is 0.609. The van der Waals surface area contributed by atoms with Crippen molar-refractivity contribution in [2.24, 2.45) is 0 Å². The van der Waals surface area contributed by atoms with Crippen LogP contribution in [0.25, 0.3) is 22.1 Å². The minimum Gasteiger partial charge on any atom is -0.507 e. The first kappa shape index (κ1) is 15.4. The zero-order chi connectivity index (χ0) is 15.9. The number of phenolic OH excluding ortho intramolecular Hbond substituents is 1. The highest BCUT2D eigenvalue weighted by Crippen LogP contribution is 2.40. The molecule has 1 aromatic heterocycles. The molecule has 0 fully saturated rings. The monoisotopic (exact) mass is 330 g/mol. The van der Waals surface area contributed by atoms with E-state index in [-0.39, 0.29) is 0 Å². The smallest absolute Gasteiger partial charge is 0.134 e. The molecule has 4 heteroatoms. The molecule has 0 amide bonds. The number of fused-ring (bicyclic) bond motifs is 1. The number of hydrogen-bond acceptors (Lipinski definition) is 4. The van der Waals surface area contributed by atoms with E-state index in [4.69, 9.17) is 4.42 Å². The Morgan fingerprint density at radius 3 is 2.18 bits per heavy atom. The number of thioether (sulfide) groups is 2. The Hall–Kier alpha value is -1.52. The van der Waals surface area contributed by atoms with Gasteiger partial charge in [-0.1, -0.05) is 0 Å². The highest BCUT2D eigenvalue weighted by molar-refractivity contribution is 7.98. The molecule has 0 atom stereocenters. The zero-order valence-corrected chi connectivity index (χ0v) is 14.7. The van der Waals surface area contributed by atoms with Crippen LogP contribution in [-0.2, 0) is 0 Å². The van der Waals surface area contributed by atoms with Gasteiger partial charge in [0.25, 0.3) is 0 Å². The van der Waals surface area contributed by atoms with Crippen LogP contribution in [0.3, 0.4) is 0 Å². The van der Waals surface area contributed by atoms with Crippen LogP contribution in [0.5, 0.6) is 5.75 Å². The molecule has 0 bridgehead atoms. The Morgan fingerprint density at radius 1 is 0.864 bits per heavy atom. The largest absolute Gasteiger partial charge is 0.507 e. The lowest BCUT2D eigenvalue weighted by atomic mass is 10.0. The van der Waals surface area contributed by atoms with Crippen LogP contribution in [0.4, 0.5) is 0 Å². The van der Waals surface area contributed by atoms with Crippen LogP contribution in [-0.4, -0.2) is 17.6 Å². The van der Waals surface area contributed by atoms with Crippen molar-refractivity contribution >= 4 is 34.5 Å². The summed E-state index contributed by atoms with van der Waals surface area (Å²) < 4.78 is 5.72. The molecule has 0 unspecified atom stereocenters. The molecule has 0 aliphatic rings. The molecule has 114 valence electrons. The standard InChI is InChI=1S/C18H18O2S2/c1-10-5-15(19)12(7-17(10)21-3)14-9-20-16-6-11(2)18(22-4)8-13(14)16/h5-9,19H,1-4H3. The molecule has 0 saturated carbocycles. The predicted molar refractivity (Wildman–Crippen MR) is 96.4 cm³/mol. The van der Waals surface area contributed by atoms with Gasteiger partial charge in [0.05, 0.1) is 6.26 Å². The van der Waals surface area contributed by atoms with Crippen molar-refractivity contribution < 1.29 is 9.52 Å². The van der Waals surface area contributed by atoms with Crippen LogP contribution >= 0.6 is 23.5 Å². The van der Waals surface area contributed by atoms with E-state index in [1.807, 2.05) is 25.3 Å². The lowest BCUT2D eigenvalue weighted by Gasteiger charge is -2.09. The summed E-state index contributed by atoms with van der Waals surface area (Å²) in [6.45, 7) is 4.10. The molecule has 0 radical (unpaired) electrons. The van der Waals surface area contributed by atoms with Crippen molar-refractivity contribution in [2.45, 2.75) is 23.6 Å². The average Bonchev–Trinajstić information content (AvgIpc) is 2.89. The first-order valence-electron chi connectivity index (χ1n) is 6.99. The average molecular weight is 330 g/mol. The summed E-state index contributed by atoms with van der Waals surface area (Å²) in [4.78, 5) is 2.39. The van der Waals surface area contributed by atoms with Gasteiger partial charge in [0.2, 0.25) is 0 Å². The maximum atomic E-state index is 10.4. The second-order valence-electron chi connectivity index (χ2n) is 5.31. The Bertz CT molecular complexity index is 850. The number of benzene rings is 2. The summed E-state index contributed by atoms with van der Waals surface area (Å²) in [5, 5.41) is 11.4. The van der Waals surface area contributed by atoms with Crippen LogP contribution in [0, 0.1) is 13.8 Å². The molecule has 3 aromatic rings. The summed E-state index contributed by atoms with van der Waals surface area (Å²) in [7, 11) is 0. The number of phenols is 1. The maximum absolute atomic E-state index is 10.4. The predicted octanol–water partition coefficient (Wildman–Crippen LogP) is 5.87. The number of aryl methyl sites for hydroxylation is 2. The van der Waals surface area contributed by atoms with Crippen molar-refractivity contribution in [1.82, 2.24) is 0 Å². The van der Waals surface area contributed by atoms with E-state index in [0.29, 0.717) is 5.75 Å². The Labute approximate surface area is 138 Å². The lowest BCUT2D eigenvalue weighted by Crippen LogP contribution is -1.85. The SMILES string of the molecule is CSc1cc(-c2coc3cc(C)c(SC)cc23)c(O)cc1C. The van der Waals surface area contributed by atoms with Gasteiger partial charge in [-0.25, -0.2) is 0 Å². The number of aromatic hydroxyl groups is 1. The molecule has 0 aliphatic carbocycles. The van der Waals surface area contributed by atoms with E-state index >= 15 is 0 Å². The Morgan fingerprint density at radius 2 is 1.50 bits per heavy atom. The Kier molecular flexibility index (Phi) is 4.15. The van der Waals surface area contributed by atoms with Gasteiger partial charge in [-0.3, -0.25) is 0 Å². The zero-order valence-electron chi connectivity index (χ0n) is 13.1. The maximum Gasteiger partial charge on any atom is 0.134 e. The van der Waals surface area contributed by atoms with E-state index in [0.717, 1.165) is 27.7 Å². The van der Waals surface area contributed by atoms with Crippen molar-refractivity contribution in [3.8, 4) is 16.9 Å². The second-order valence-corrected chi connectivity index (χ2v) is 7.00. The third-order valence-electron chi connectivity index (χ3n) is 3.89. The molecular weight excluding hydrogens is 312 g/mol. The van der Waals surface area contributed by atoms with Gasteiger partial charge in [0, 0.05) is 26.3 Å². The van der Waals surface area contributed by atoms with Crippen molar-refractivity contribution in [3.63, 3.8) is 0 Å². The summed E-state index contributed by atoms with van der Waals surface area (Å²) >= 11 is 3.41. The molecular formula is C18H18O2S2. The van der Waals surface area contributed by atoms with E-state index in [2.05, 4.69) is 25.3 Å². The first-order valence-corrected chi connectivity index (χ1v) is 9.44. The highest BCUT2D eigenvalue weighted by atomic mass is 32.2. The normalized spacial score (nSPS) is 11.3. The number of furan rings is 1. The number of hydrogen-bond donors (Lipinski definition) is 1. The minimum absolute atomic E-state index is 0.296. The third kappa shape index (κ3) is 2.50. The summed E-state index contributed by atoms with van der Waals surface area (Å²) in [6.07, 6.45) is 5.86. The molecule has 2 aromatic carbocycles. The number of rotatable bonds is 3. The molecule has 22 heavy (non-hydrogen) atoms. The van der Waals surface area contributed by atoms with Gasteiger partial charge in [-0.15, -0.1) is 23.5 Å². The van der Waals surface area contributed by atoms with Crippen molar-refractivity contribution in [3.05, 3.63) is 41.7 Å². The summed E-state index contributed by atoms with van der Waals surface area (Å²) in [5.41, 5.74) is 4.92. The van der Waals surface area contributed by atoms with Gasteiger partial charge in [-0.05, 0) is 61.8 Å². The fraction of sp³-hybridized carbons (Fsp3) is 0.222. The van der Waals surface area contributed by atoms with Crippen LogP contribution in [0.15, 0.2) is 44.7 Å². The van der Waals surface area contributed by atoms with E-state index in [1.54, 1.807) is 29.8 Å². The molecule has 3 rings (SSSR count). The van der Waals surface area contributed by atoms with Gasteiger partial charge in [0.1, 0.15) is 11.3 Å². The summed E-state index contributed by atoms with van der Waals surface area (Å²) in [5.74, 6) is 0.296. The first-order chi connectivity index (χ1) is 10.5. The van der Waals surface area contributed by atoms with Crippen LogP contribution < -0.4 is 0 Å². The fourth-order valence-electron chi connectivity index (χ4n) is 2.69. The van der Waals surface area contributed by atoms with Gasteiger partial charge in [0.15, 0.2) is 0 Å². The molecule has 1 heterocycles. The fourth-order valence-corrected chi connectivity index (χ4v) is 3.93. The molecule has 1 N–H and O–H groups in total. The highest BCUT2D eigenvalue weighted by Gasteiger charge is 2.15. The molecule has 0 saturated heterocycles. The van der Waals surface area contributed by atoms with E-state index in [1.165, 1.54) is 15.4 Å². The molecule has 2 nitrogen and oxygen atoms in total. The Balaban J connectivity index is 2.26. The van der Waals surface area contributed by atoms with Crippen LogP contribution in [0.2, 0.25) is 0 Å². The second kappa shape index (κ2) is 5.94. The van der Waals surface area contributed by atoms with Gasteiger partial charge >= 0.3 is 0 Å². The van der Waals surface area contributed by atoms with Gasteiger partial charge in [-0.2, -0.15) is 0 Å². The van der Waals surface area contributed by atoms with E-state index in [9.17, 15) is 5.11 Å². The van der Waals surface area contributed by atoms with Gasteiger partial charge < -0.3 is 9.52 Å². The topological polar surface area (TPSA) is 33.4 Å². The molecule has 0 spiro atoms. The third-order valence-corrected chi connectivity index (χ3v) is 5.65. The minimum atomic E-state index is 0.296. The van der Waals surface area contributed by atoms with Crippen LogP contribution in [0.1, 0.15) is 11.1 Å². The molecule has 0 aliphatic heterocycles. The lowest BCUT2D eigenvalue weighted by molar-refractivity contribution is 0.476. The van der Waals surface area contributed by atoms with Crippen molar-refractivity contribution in [2.75, 3.05) is 12.5 Å². The summed E-state index contributed by atoms with van der Waals surface area (Å²) in [6, 6.07) is 8.07. The van der Waals surface area contributed by atoms with Crippen molar-refractivity contribution in [1.29, 1.82) is 0 Å².